The summed E-state index contributed by atoms with van der Waals surface area (Å²) in [5, 5.41) is 0. The van der Waals surface area contributed by atoms with E-state index in [0.717, 1.165) is 6.42 Å². The first-order valence-corrected chi connectivity index (χ1v) is 8.77. The standard InChI is InChI=1S/C16H25NO3S/c1-12(2)15-10-16(3,4)11-17(15)21(18,19)14-8-6-13(20-5)7-9-14/h6-9,12,15H,10-11H2,1-5H3/t15-/m1/s1. The van der Waals surface area contributed by atoms with Gasteiger partial charge < -0.3 is 4.74 Å². The van der Waals surface area contributed by atoms with Gasteiger partial charge in [0.25, 0.3) is 0 Å². The number of ether oxygens (including phenoxy) is 1. The van der Waals surface area contributed by atoms with Gasteiger partial charge in [-0.15, -0.1) is 0 Å². The van der Waals surface area contributed by atoms with E-state index in [9.17, 15) is 8.42 Å². The Kier molecular flexibility index (Phi) is 4.36. The number of methoxy groups -OCH3 is 1. The molecule has 4 nitrogen and oxygen atoms in total. The zero-order valence-electron chi connectivity index (χ0n) is 13.5. The average molecular weight is 311 g/mol. The number of benzene rings is 1. The van der Waals surface area contributed by atoms with E-state index in [-0.39, 0.29) is 11.5 Å². The van der Waals surface area contributed by atoms with Gasteiger partial charge in [0.05, 0.1) is 12.0 Å². The monoisotopic (exact) mass is 311 g/mol. The Morgan fingerprint density at radius 2 is 1.81 bits per heavy atom. The van der Waals surface area contributed by atoms with Crippen molar-refractivity contribution >= 4 is 10.0 Å². The van der Waals surface area contributed by atoms with Gasteiger partial charge in [-0.1, -0.05) is 27.7 Å². The highest BCUT2D eigenvalue weighted by Crippen LogP contribution is 2.40. The third-order valence-electron chi connectivity index (χ3n) is 4.15. The lowest BCUT2D eigenvalue weighted by molar-refractivity contribution is 0.315. The number of nitrogens with zero attached hydrogens (tertiary/aromatic N) is 1. The molecule has 0 radical (unpaired) electrons. The van der Waals surface area contributed by atoms with Crippen LogP contribution in [0.15, 0.2) is 29.2 Å². The van der Waals surface area contributed by atoms with Crippen LogP contribution in [0.5, 0.6) is 5.75 Å². The van der Waals surface area contributed by atoms with Gasteiger partial charge in [-0.25, -0.2) is 8.42 Å². The van der Waals surface area contributed by atoms with Crippen molar-refractivity contribution in [3.63, 3.8) is 0 Å². The summed E-state index contributed by atoms with van der Waals surface area (Å²) in [5.41, 5.74) is 0.0223. The summed E-state index contributed by atoms with van der Waals surface area (Å²) in [4.78, 5) is 0.339. The first-order chi connectivity index (χ1) is 9.67. The van der Waals surface area contributed by atoms with Crippen molar-refractivity contribution in [2.45, 2.75) is 45.1 Å². The lowest BCUT2D eigenvalue weighted by Crippen LogP contribution is -2.38. The summed E-state index contributed by atoms with van der Waals surface area (Å²) in [6.45, 7) is 9.01. The van der Waals surface area contributed by atoms with Crippen LogP contribution in [0.25, 0.3) is 0 Å². The molecule has 0 aromatic heterocycles. The molecule has 1 atom stereocenters. The number of sulfonamides is 1. The predicted octanol–water partition coefficient (Wildman–Crippen LogP) is 3.14. The van der Waals surface area contributed by atoms with Crippen LogP contribution < -0.4 is 4.74 Å². The van der Waals surface area contributed by atoms with Crippen LogP contribution in [0.4, 0.5) is 0 Å². The fraction of sp³-hybridized carbons (Fsp3) is 0.625. The van der Waals surface area contributed by atoms with Gasteiger partial charge in [-0.05, 0) is 42.0 Å². The Morgan fingerprint density at radius 3 is 2.29 bits per heavy atom. The zero-order valence-corrected chi connectivity index (χ0v) is 14.3. The molecular weight excluding hydrogens is 286 g/mol. The summed E-state index contributed by atoms with van der Waals surface area (Å²) in [7, 11) is -1.88. The van der Waals surface area contributed by atoms with Gasteiger partial charge in [0.1, 0.15) is 5.75 Å². The van der Waals surface area contributed by atoms with E-state index >= 15 is 0 Å². The molecule has 1 aliphatic heterocycles. The Hall–Kier alpha value is -1.07. The molecule has 0 saturated carbocycles. The van der Waals surface area contributed by atoms with Crippen LogP contribution in [0.2, 0.25) is 0 Å². The van der Waals surface area contributed by atoms with Gasteiger partial charge in [-0.2, -0.15) is 4.31 Å². The van der Waals surface area contributed by atoms with E-state index in [4.69, 9.17) is 4.74 Å². The second-order valence-electron chi connectivity index (χ2n) is 6.91. The molecular formula is C16H25NO3S. The van der Waals surface area contributed by atoms with Crippen molar-refractivity contribution in [1.29, 1.82) is 0 Å². The molecule has 1 aromatic rings. The minimum atomic E-state index is -3.45. The van der Waals surface area contributed by atoms with Gasteiger partial charge in [0.15, 0.2) is 0 Å². The summed E-state index contributed by atoms with van der Waals surface area (Å²) in [6.07, 6.45) is 0.903. The minimum absolute atomic E-state index is 0.0223. The Morgan fingerprint density at radius 1 is 1.24 bits per heavy atom. The highest BCUT2D eigenvalue weighted by atomic mass is 32.2. The number of hydrogen-bond donors (Lipinski definition) is 0. The number of hydrogen-bond acceptors (Lipinski definition) is 3. The highest BCUT2D eigenvalue weighted by molar-refractivity contribution is 7.89. The van der Waals surface area contributed by atoms with E-state index in [0.29, 0.717) is 23.1 Å². The molecule has 118 valence electrons. The van der Waals surface area contributed by atoms with Crippen molar-refractivity contribution in [1.82, 2.24) is 4.31 Å². The van der Waals surface area contributed by atoms with E-state index in [1.807, 2.05) is 0 Å². The van der Waals surface area contributed by atoms with Crippen molar-refractivity contribution in [3.8, 4) is 5.75 Å². The Labute approximate surface area is 128 Å². The Balaban J connectivity index is 2.37. The summed E-state index contributed by atoms with van der Waals surface area (Å²) < 4.78 is 32.6. The normalized spacial score (nSPS) is 22.7. The van der Waals surface area contributed by atoms with Gasteiger partial charge >= 0.3 is 0 Å². The second kappa shape index (κ2) is 5.61. The molecule has 1 fully saturated rings. The Bertz CT molecular complexity index is 590. The van der Waals surface area contributed by atoms with Crippen LogP contribution in [0.1, 0.15) is 34.1 Å². The second-order valence-corrected chi connectivity index (χ2v) is 8.80. The molecule has 1 aliphatic rings. The maximum atomic E-state index is 12.9. The molecule has 0 aliphatic carbocycles. The molecule has 0 unspecified atom stereocenters. The summed E-state index contributed by atoms with van der Waals surface area (Å²) in [6, 6.07) is 6.69. The third kappa shape index (κ3) is 3.24. The van der Waals surface area contributed by atoms with Crippen LogP contribution in [0, 0.1) is 11.3 Å². The largest absolute Gasteiger partial charge is 0.497 e. The minimum Gasteiger partial charge on any atom is -0.497 e. The quantitative estimate of drug-likeness (QED) is 0.858. The molecule has 0 amide bonds. The van der Waals surface area contributed by atoms with Gasteiger partial charge in [-0.3, -0.25) is 0 Å². The van der Waals surface area contributed by atoms with E-state index in [1.54, 1.807) is 35.7 Å². The highest BCUT2D eigenvalue weighted by Gasteiger charge is 2.44. The summed E-state index contributed by atoms with van der Waals surface area (Å²) >= 11 is 0. The maximum Gasteiger partial charge on any atom is 0.243 e. The van der Waals surface area contributed by atoms with E-state index in [2.05, 4.69) is 27.7 Å². The van der Waals surface area contributed by atoms with Crippen LogP contribution in [0.3, 0.4) is 0 Å². The smallest absolute Gasteiger partial charge is 0.243 e. The lowest BCUT2D eigenvalue weighted by Gasteiger charge is -2.26. The predicted molar refractivity (Wildman–Crippen MR) is 83.9 cm³/mol. The van der Waals surface area contributed by atoms with E-state index < -0.39 is 10.0 Å². The molecule has 21 heavy (non-hydrogen) atoms. The lowest BCUT2D eigenvalue weighted by atomic mass is 9.88. The molecule has 1 aromatic carbocycles. The molecule has 2 rings (SSSR count). The molecule has 0 N–H and O–H groups in total. The first kappa shape index (κ1) is 16.3. The fourth-order valence-electron chi connectivity index (χ4n) is 2.99. The molecule has 1 heterocycles. The van der Waals surface area contributed by atoms with Crippen molar-refractivity contribution < 1.29 is 13.2 Å². The summed E-state index contributed by atoms with van der Waals surface area (Å²) in [5.74, 6) is 0.968. The van der Waals surface area contributed by atoms with Crippen LogP contribution >= 0.6 is 0 Å². The van der Waals surface area contributed by atoms with Gasteiger partial charge in [0.2, 0.25) is 10.0 Å². The SMILES string of the molecule is COc1ccc(S(=O)(=O)N2CC(C)(C)C[C@@H]2C(C)C)cc1. The average Bonchev–Trinajstić information content (AvgIpc) is 2.76. The van der Waals surface area contributed by atoms with Crippen LogP contribution in [-0.4, -0.2) is 32.4 Å². The molecule has 0 bridgehead atoms. The van der Waals surface area contributed by atoms with Crippen molar-refractivity contribution in [2.24, 2.45) is 11.3 Å². The van der Waals surface area contributed by atoms with Gasteiger partial charge in [0, 0.05) is 12.6 Å². The zero-order chi connectivity index (χ0) is 15.8. The molecule has 5 heteroatoms. The maximum absolute atomic E-state index is 12.9. The third-order valence-corrected chi connectivity index (χ3v) is 6.04. The van der Waals surface area contributed by atoms with Crippen molar-refractivity contribution in [2.75, 3.05) is 13.7 Å². The first-order valence-electron chi connectivity index (χ1n) is 7.33. The van der Waals surface area contributed by atoms with E-state index in [1.165, 1.54) is 0 Å². The molecule has 0 spiro atoms. The van der Waals surface area contributed by atoms with Crippen LogP contribution in [-0.2, 0) is 10.0 Å². The van der Waals surface area contributed by atoms with Crippen molar-refractivity contribution in [3.05, 3.63) is 24.3 Å². The number of rotatable bonds is 4. The topological polar surface area (TPSA) is 46.6 Å². The molecule has 1 saturated heterocycles. The fourth-order valence-corrected chi connectivity index (χ4v) is 4.93.